The molecule has 3 N–H and O–H groups in total. The molecule has 0 aliphatic carbocycles. The van der Waals surface area contributed by atoms with Crippen LogP contribution in [0.15, 0.2) is 36.0 Å². The number of aliphatic carboxylic acids is 1. The van der Waals surface area contributed by atoms with Gasteiger partial charge in [-0.3, -0.25) is 4.79 Å². The molecule has 1 heterocycles. The molecule has 0 aliphatic rings. The molecule has 5 nitrogen and oxygen atoms in total. The number of carboxylic acid groups (broad SMARTS) is 1. The second-order valence-corrected chi connectivity index (χ2v) is 5.51. The topological polar surface area (TPSA) is 74.3 Å². The van der Waals surface area contributed by atoms with Gasteiger partial charge in [0.15, 0.2) is 0 Å². The first-order valence-electron chi connectivity index (χ1n) is 7.25. The van der Waals surface area contributed by atoms with Crippen LogP contribution in [-0.2, 0) is 11.2 Å². The second-order valence-electron chi connectivity index (χ2n) is 5.51. The van der Waals surface area contributed by atoms with Crippen molar-refractivity contribution in [2.24, 2.45) is 0 Å². The number of carboxylic acids is 1. The van der Waals surface area contributed by atoms with Crippen molar-refractivity contribution in [3.8, 4) is 5.75 Å². The van der Waals surface area contributed by atoms with Crippen molar-refractivity contribution in [1.82, 2.24) is 10.3 Å². The minimum absolute atomic E-state index is 0.416. The number of H-pyrrole nitrogens is 1. The highest BCUT2D eigenvalue weighted by Crippen LogP contribution is 2.24. The average Bonchev–Trinajstić information content (AvgIpc) is 2.87. The smallest absolute Gasteiger partial charge is 0.321 e. The van der Waals surface area contributed by atoms with Gasteiger partial charge < -0.3 is 20.1 Å². The zero-order chi connectivity index (χ0) is 16.1. The van der Waals surface area contributed by atoms with Gasteiger partial charge in [0.25, 0.3) is 0 Å². The third kappa shape index (κ3) is 3.89. The van der Waals surface area contributed by atoms with E-state index < -0.39 is 12.0 Å². The molecule has 1 atom stereocenters. The molecule has 0 radical (unpaired) electrons. The van der Waals surface area contributed by atoms with Gasteiger partial charge in [-0.25, -0.2) is 0 Å². The largest absolute Gasteiger partial charge is 0.497 e. The number of hydrogen-bond acceptors (Lipinski definition) is 3. The highest BCUT2D eigenvalue weighted by molar-refractivity contribution is 5.85. The molecule has 1 aromatic carbocycles. The van der Waals surface area contributed by atoms with Crippen LogP contribution in [0.5, 0.6) is 5.75 Å². The zero-order valence-corrected chi connectivity index (χ0v) is 13.1. The van der Waals surface area contributed by atoms with E-state index in [4.69, 9.17) is 4.74 Å². The molecule has 1 aromatic heterocycles. The van der Waals surface area contributed by atoms with Crippen molar-refractivity contribution in [3.63, 3.8) is 0 Å². The SMILES string of the molecule is COc1ccc2[nH]cc(C[C@H](NCC=C(C)C)C(=O)O)c2c1. The van der Waals surface area contributed by atoms with Crippen LogP contribution in [0.4, 0.5) is 0 Å². The van der Waals surface area contributed by atoms with Crippen LogP contribution in [0.1, 0.15) is 19.4 Å². The van der Waals surface area contributed by atoms with Crippen molar-refractivity contribution in [3.05, 3.63) is 41.6 Å². The van der Waals surface area contributed by atoms with E-state index in [0.717, 1.165) is 27.8 Å². The minimum Gasteiger partial charge on any atom is -0.497 e. The van der Waals surface area contributed by atoms with Gasteiger partial charge in [0, 0.05) is 30.1 Å². The van der Waals surface area contributed by atoms with Crippen molar-refractivity contribution >= 4 is 16.9 Å². The number of allylic oxidation sites excluding steroid dienone is 1. The molecule has 5 heteroatoms. The molecule has 0 saturated heterocycles. The third-order valence-electron chi connectivity index (χ3n) is 3.57. The fourth-order valence-corrected chi connectivity index (χ4v) is 2.33. The summed E-state index contributed by atoms with van der Waals surface area (Å²) in [4.78, 5) is 14.6. The number of benzene rings is 1. The van der Waals surface area contributed by atoms with Gasteiger partial charge in [0.05, 0.1) is 7.11 Å². The lowest BCUT2D eigenvalue weighted by Gasteiger charge is -2.13. The summed E-state index contributed by atoms with van der Waals surface area (Å²) in [6, 6.07) is 5.12. The second kappa shape index (κ2) is 7.13. The molecular weight excluding hydrogens is 280 g/mol. The van der Waals surface area contributed by atoms with E-state index in [1.807, 2.05) is 44.3 Å². The van der Waals surface area contributed by atoms with Gasteiger partial charge in [0.1, 0.15) is 11.8 Å². The summed E-state index contributed by atoms with van der Waals surface area (Å²) in [6.07, 6.45) is 4.26. The Balaban J connectivity index is 2.19. The summed E-state index contributed by atoms with van der Waals surface area (Å²) < 4.78 is 5.24. The number of rotatable bonds is 7. The fourth-order valence-electron chi connectivity index (χ4n) is 2.33. The number of methoxy groups -OCH3 is 1. The van der Waals surface area contributed by atoms with Crippen LogP contribution in [0.3, 0.4) is 0 Å². The summed E-state index contributed by atoms with van der Waals surface area (Å²) in [5.41, 5.74) is 3.10. The van der Waals surface area contributed by atoms with Crippen LogP contribution in [0.25, 0.3) is 10.9 Å². The quantitative estimate of drug-likeness (QED) is 0.688. The lowest BCUT2D eigenvalue weighted by Crippen LogP contribution is -2.38. The number of carbonyl (C=O) groups is 1. The zero-order valence-electron chi connectivity index (χ0n) is 13.1. The molecular formula is C17H22N2O3. The Bertz CT molecular complexity index is 684. The molecule has 0 fully saturated rings. The fraction of sp³-hybridized carbons (Fsp3) is 0.353. The molecule has 22 heavy (non-hydrogen) atoms. The van der Waals surface area contributed by atoms with Crippen molar-refractivity contribution in [2.45, 2.75) is 26.3 Å². The summed E-state index contributed by atoms with van der Waals surface area (Å²) >= 11 is 0. The lowest BCUT2D eigenvalue weighted by atomic mass is 10.0. The van der Waals surface area contributed by atoms with Crippen LogP contribution in [0.2, 0.25) is 0 Å². The number of aromatic amines is 1. The highest BCUT2D eigenvalue weighted by Gasteiger charge is 2.18. The van der Waals surface area contributed by atoms with Gasteiger partial charge in [-0.2, -0.15) is 0 Å². The number of hydrogen-bond donors (Lipinski definition) is 3. The van der Waals surface area contributed by atoms with Gasteiger partial charge >= 0.3 is 5.97 Å². The maximum absolute atomic E-state index is 11.4. The molecule has 0 saturated carbocycles. The van der Waals surface area contributed by atoms with Gasteiger partial charge in [-0.05, 0) is 37.6 Å². The van der Waals surface area contributed by atoms with Crippen LogP contribution >= 0.6 is 0 Å². The van der Waals surface area contributed by atoms with Crippen LogP contribution < -0.4 is 10.1 Å². The minimum atomic E-state index is -0.848. The van der Waals surface area contributed by atoms with E-state index in [0.29, 0.717) is 13.0 Å². The van der Waals surface area contributed by atoms with Crippen LogP contribution in [0, 0.1) is 0 Å². The Labute approximate surface area is 130 Å². The molecule has 0 unspecified atom stereocenters. The molecule has 0 amide bonds. The number of ether oxygens (including phenoxy) is 1. The Kier molecular flexibility index (Phi) is 5.22. The molecule has 0 bridgehead atoms. The Morgan fingerprint density at radius 1 is 1.45 bits per heavy atom. The van der Waals surface area contributed by atoms with E-state index in [1.54, 1.807) is 7.11 Å². The first-order valence-corrected chi connectivity index (χ1v) is 7.25. The average molecular weight is 302 g/mol. The van der Waals surface area contributed by atoms with Gasteiger partial charge in [-0.15, -0.1) is 0 Å². The molecule has 2 rings (SSSR count). The first kappa shape index (κ1) is 16.1. The predicted molar refractivity (Wildman–Crippen MR) is 87.4 cm³/mol. The first-order chi connectivity index (χ1) is 10.5. The monoisotopic (exact) mass is 302 g/mol. The van der Waals surface area contributed by atoms with Crippen LogP contribution in [-0.4, -0.2) is 35.8 Å². The van der Waals surface area contributed by atoms with Gasteiger partial charge in [-0.1, -0.05) is 11.6 Å². The highest BCUT2D eigenvalue weighted by atomic mass is 16.5. The van der Waals surface area contributed by atoms with Crippen molar-refractivity contribution < 1.29 is 14.6 Å². The Hall–Kier alpha value is -2.27. The van der Waals surface area contributed by atoms with Crippen molar-refractivity contribution in [1.29, 1.82) is 0 Å². The summed E-state index contributed by atoms with van der Waals surface area (Å²) in [5, 5.41) is 13.4. The number of nitrogens with one attached hydrogen (secondary N) is 2. The van der Waals surface area contributed by atoms with E-state index in [-0.39, 0.29) is 0 Å². The Morgan fingerprint density at radius 3 is 2.86 bits per heavy atom. The number of aromatic nitrogens is 1. The lowest BCUT2D eigenvalue weighted by molar-refractivity contribution is -0.139. The van der Waals surface area contributed by atoms with Crippen molar-refractivity contribution in [2.75, 3.05) is 13.7 Å². The standard InChI is InChI=1S/C17H22N2O3/c1-11(2)6-7-18-16(17(20)21)8-12-10-19-15-5-4-13(22-3)9-14(12)15/h4-6,9-10,16,18-19H,7-8H2,1-3H3,(H,20,21)/t16-/m0/s1. The van der Waals surface area contributed by atoms with E-state index in [9.17, 15) is 9.90 Å². The maximum atomic E-state index is 11.4. The molecule has 2 aromatic rings. The van der Waals surface area contributed by atoms with E-state index >= 15 is 0 Å². The summed E-state index contributed by atoms with van der Waals surface area (Å²) in [6.45, 7) is 4.53. The molecule has 0 aliphatic heterocycles. The summed E-state index contributed by atoms with van der Waals surface area (Å²) in [7, 11) is 1.62. The molecule has 118 valence electrons. The summed E-state index contributed by atoms with van der Waals surface area (Å²) in [5.74, 6) is -0.0860. The third-order valence-corrected chi connectivity index (χ3v) is 3.57. The Morgan fingerprint density at radius 2 is 2.23 bits per heavy atom. The number of fused-ring (bicyclic) bond motifs is 1. The van der Waals surface area contributed by atoms with E-state index in [1.165, 1.54) is 0 Å². The van der Waals surface area contributed by atoms with Gasteiger partial charge in [0.2, 0.25) is 0 Å². The maximum Gasteiger partial charge on any atom is 0.321 e. The normalized spacial score (nSPS) is 12.1. The molecule has 0 spiro atoms. The predicted octanol–water partition coefficient (Wildman–Crippen LogP) is 2.73. The van der Waals surface area contributed by atoms with E-state index in [2.05, 4.69) is 10.3 Å².